The zero-order valence-electron chi connectivity index (χ0n) is 16.9. The number of aromatic nitrogens is 1. The molecule has 3 fully saturated rings. The largest absolute Gasteiger partial charge is 0.379 e. The van der Waals surface area contributed by atoms with Gasteiger partial charge >= 0.3 is 0 Å². The lowest BCUT2D eigenvalue weighted by atomic mass is 10.1. The normalized spacial score (nSPS) is 25.2. The van der Waals surface area contributed by atoms with Crippen LogP contribution in [0.25, 0.3) is 0 Å². The number of nitriles is 1. The average molecular weight is 383 g/mol. The van der Waals surface area contributed by atoms with Crippen molar-refractivity contribution in [2.45, 2.75) is 45.2 Å². The van der Waals surface area contributed by atoms with Crippen molar-refractivity contribution in [2.24, 2.45) is 0 Å². The molecule has 28 heavy (non-hydrogen) atoms. The number of nitrogens with zero attached hydrogens (tertiary/aromatic N) is 5. The maximum Gasteiger partial charge on any atom is 0.225 e. The van der Waals surface area contributed by atoms with E-state index < -0.39 is 0 Å². The molecule has 3 aliphatic heterocycles. The molecule has 4 rings (SSSR count). The van der Waals surface area contributed by atoms with Crippen LogP contribution in [0.15, 0.2) is 6.07 Å². The van der Waals surface area contributed by atoms with Crippen LogP contribution in [-0.2, 0) is 9.53 Å². The van der Waals surface area contributed by atoms with E-state index in [4.69, 9.17) is 4.74 Å². The van der Waals surface area contributed by atoms with E-state index in [0.29, 0.717) is 12.0 Å². The van der Waals surface area contributed by atoms with Crippen LogP contribution in [-0.4, -0.2) is 78.7 Å². The Morgan fingerprint density at radius 1 is 1.21 bits per heavy atom. The number of morpholine rings is 1. The Kier molecular flexibility index (Phi) is 5.51. The lowest BCUT2D eigenvalue weighted by molar-refractivity contribution is -0.129. The highest BCUT2D eigenvalue weighted by atomic mass is 16.5. The summed E-state index contributed by atoms with van der Waals surface area (Å²) in [6, 6.07) is 4.65. The molecular weight excluding hydrogens is 354 g/mol. The first kappa shape index (κ1) is 19.2. The fourth-order valence-corrected chi connectivity index (χ4v) is 4.93. The monoisotopic (exact) mass is 383 g/mol. The average Bonchev–Trinajstić information content (AvgIpc) is 3.21. The van der Waals surface area contributed by atoms with Crippen molar-refractivity contribution < 1.29 is 9.53 Å². The Labute approximate surface area is 166 Å². The van der Waals surface area contributed by atoms with Crippen LogP contribution < -0.4 is 4.90 Å². The van der Waals surface area contributed by atoms with E-state index in [0.717, 1.165) is 75.9 Å². The highest BCUT2D eigenvalue weighted by Crippen LogP contribution is 2.37. The van der Waals surface area contributed by atoms with Gasteiger partial charge in [-0.1, -0.05) is 0 Å². The van der Waals surface area contributed by atoms with Crippen LogP contribution in [0.2, 0.25) is 0 Å². The van der Waals surface area contributed by atoms with Crippen molar-refractivity contribution >= 4 is 11.7 Å². The van der Waals surface area contributed by atoms with Crippen LogP contribution in [0.3, 0.4) is 0 Å². The first-order valence-corrected chi connectivity index (χ1v) is 10.3. The number of amides is 1. The maximum atomic E-state index is 12.7. The summed E-state index contributed by atoms with van der Waals surface area (Å²) in [6.45, 7) is 10.2. The summed E-state index contributed by atoms with van der Waals surface area (Å²) < 4.78 is 5.40. The lowest BCUT2D eigenvalue weighted by Gasteiger charge is -2.29. The van der Waals surface area contributed by atoms with Crippen LogP contribution in [0.1, 0.15) is 36.1 Å². The van der Waals surface area contributed by atoms with Crippen molar-refractivity contribution in [2.75, 3.05) is 50.8 Å². The number of likely N-dealkylation sites (tertiary alicyclic amines) is 1. The molecule has 150 valence electrons. The van der Waals surface area contributed by atoms with Crippen molar-refractivity contribution in [1.82, 2.24) is 14.8 Å². The second-order valence-corrected chi connectivity index (χ2v) is 8.11. The van der Waals surface area contributed by atoms with Gasteiger partial charge < -0.3 is 14.5 Å². The van der Waals surface area contributed by atoms with Gasteiger partial charge in [0.1, 0.15) is 11.9 Å². The minimum Gasteiger partial charge on any atom is -0.379 e. The summed E-state index contributed by atoms with van der Waals surface area (Å²) in [6.07, 6.45) is 2.48. The number of anilines is 1. The second-order valence-electron chi connectivity index (χ2n) is 8.11. The Bertz CT molecular complexity index is 784. The molecule has 0 unspecified atom stereocenters. The number of aryl methyl sites for hydroxylation is 2. The molecular formula is C21H29N5O2. The maximum absolute atomic E-state index is 12.7. The fourth-order valence-electron chi connectivity index (χ4n) is 4.93. The molecule has 2 atom stereocenters. The Morgan fingerprint density at radius 2 is 2.00 bits per heavy atom. The molecule has 7 heteroatoms. The van der Waals surface area contributed by atoms with Gasteiger partial charge in [0.15, 0.2) is 0 Å². The SMILES string of the molecule is Cc1cc(C)c(C#N)c(N2CC[C@H]3[C@@H]2CC(=O)N3CCCN2CCOCC2)n1. The van der Waals surface area contributed by atoms with Gasteiger partial charge in [-0.2, -0.15) is 5.26 Å². The summed E-state index contributed by atoms with van der Waals surface area (Å²) in [5, 5.41) is 9.63. The van der Waals surface area contributed by atoms with Crippen LogP contribution in [0.4, 0.5) is 5.82 Å². The highest BCUT2D eigenvalue weighted by Gasteiger charge is 2.47. The lowest BCUT2D eigenvalue weighted by Crippen LogP contribution is -2.41. The summed E-state index contributed by atoms with van der Waals surface area (Å²) in [5.74, 6) is 1.00. The van der Waals surface area contributed by atoms with Crippen molar-refractivity contribution in [3.05, 3.63) is 22.9 Å². The molecule has 0 aliphatic carbocycles. The summed E-state index contributed by atoms with van der Waals surface area (Å²) >= 11 is 0. The molecule has 3 aliphatic rings. The first-order valence-electron chi connectivity index (χ1n) is 10.3. The van der Waals surface area contributed by atoms with Crippen LogP contribution >= 0.6 is 0 Å². The van der Waals surface area contributed by atoms with Gasteiger partial charge in [0.2, 0.25) is 5.91 Å². The third-order valence-corrected chi connectivity index (χ3v) is 6.30. The zero-order chi connectivity index (χ0) is 19.7. The van der Waals surface area contributed by atoms with E-state index in [-0.39, 0.29) is 18.0 Å². The van der Waals surface area contributed by atoms with Gasteiger partial charge in [-0.3, -0.25) is 9.69 Å². The van der Waals surface area contributed by atoms with E-state index in [9.17, 15) is 10.1 Å². The predicted molar refractivity (Wildman–Crippen MR) is 106 cm³/mol. The molecule has 1 amide bonds. The van der Waals surface area contributed by atoms with Gasteiger partial charge in [-0.25, -0.2) is 4.98 Å². The number of fused-ring (bicyclic) bond motifs is 1. The molecule has 3 saturated heterocycles. The molecule has 0 saturated carbocycles. The topological polar surface area (TPSA) is 72.7 Å². The number of ether oxygens (including phenoxy) is 1. The van der Waals surface area contributed by atoms with Crippen molar-refractivity contribution in [3.8, 4) is 6.07 Å². The minimum atomic E-state index is 0.136. The quantitative estimate of drug-likeness (QED) is 0.767. The minimum absolute atomic E-state index is 0.136. The van der Waals surface area contributed by atoms with E-state index >= 15 is 0 Å². The molecule has 7 nitrogen and oxygen atoms in total. The summed E-state index contributed by atoms with van der Waals surface area (Å²) in [5.41, 5.74) is 2.52. The fraction of sp³-hybridized carbons (Fsp3) is 0.667. The molecule has 0 spiro atoms. The van der Waals surface area contributed by atoms with E-state index in [1.165, 1.54) is 0 Å². The number of hydrogen-bond acceptors (Lipinski definition) is 6. The third-order valence-electron chi connectivity index (χ3n) is 6.30. The molecule has 0 radical (unpaired) electrons. The Balaban J connectivity index is 1.43. The van der Waals surface area contributed by atoms with Gasteiger partial charge in [0.25, 0.3) is 0 Å². The highest BCUT2D eigenvalue weighted by molar-refractivity contribution is 5.81. The molecule has 0 bridgehead atoms. The van der Waals surface area contributed by atoms with Gasteiger partial charge in [-0.15, -0.1) is 0 Å². The van der Waals surface area contributed by atoms with Crippen molar-refractivity contribution in [1.29, 1.82) is 5.26 Å². The summed E-state index contributed by atoms with van der Waals surface area (Å²) in [7, 11) is 0. The number of carbonyl (C=O) groups is 1. The standard InChI is InChI=1S/C21H29N5O2/c1-15-12-16(2)23-21(17(15)14-22)26-7-4-18-19(26)13-20(27)25(18)6-3-5-24-8-10-28-11-9-24/h12,18-19H,3-11,13H2,1-2H3/t18-,19-/m0/s1. The van der Waals surface area contributed by atoms with E-state index in [2.05, 4.69) is 25.8 Å². The molecule has 4 heterocycles. The van der Waals surface area contributed by atoms with E-state index in [1.54, 1.807) is 0 Å². The number of rotatable bonds is 5. The first-order chi connectivity index (χ1) is 13.6. The number of hydrogen-bond donors (Lipinski definition) is 0. The Morgan fingerprint density at radius 3 is 2.75 bits per heavy atom. The molecule has 0 aromatic carbocycles. The van der Waals surface area contributed by atoms with Gasteiger partial charge in [-0.05, 0) is 38.3 Å². The zero-order valence-corrected chi connectivity index (χ0v) is 16.9. The number of pyridine rings is 1. The summed E-state index contributed by atoms with van der Waals surface area (Å²) in [4.78, 5) is 24.1. The van der Waals surface area contributed by atoms with Crippen LogP contribution in [0, 0.1) is 25.2 Å². The van der Waals surface area contributed by atoms with Gasteiger partial charge in [0.05, 0.1) is 30.9 Å². The molecule has 1 aromatic rings. The van der Waals surface area contributed by atoms with Gasteiger partial charge in [0, 0.05) is 44.8 Å². The van der Waals surface area contributed by atoms with Crippen LogP contribution in [0.5, 0.6) is 0 Å². The molecule has 0 N–H and O–H groups in total. The molecule has 1 aromatic heterocycles. The van der Waals surface area contributed by atoms with Crippen molar-refractivity contribution in [3.63, 3.8) is 0 Å². The Hall–Kier alpha value is -2.17. The predicted octanol–water partition coefficient (Wildman–Crippen LogP) is 1.47. The second kappa shape index (κ2) is 8.06. The van der Waals surface area contributed by atoms with E-state index in [1.807, 2.05) is 19.9 Å². The third kappa shape index (κ3) is 3.59. The smallest absolute Gasteiger partial charge is 0.225 e. The number of carbonyl (C=O) groups excluding carboxylic acids is 1.